The Balaban J connectivity index is 2.19. The van der Waals surface area contributed by atoms with Crippen LogP contribution in [0.5, 0.6) is 0 Å². The van der Waals surface area contributed by atoms with Crippen molar-refractivity contribution in [3.05, 3.63) is 29.8 Å². The van der Waals surface area contributed by atoms with Crippen molar-refractivity contribution in [1.82, 2.24) is 0 Å². The topological polar surface area (TPSA) is 29.5 Å². The summed E-state index contributed by atoms with van der Waals surface area (Å²) in [5.74, 6) is 0.262. The fourth-order valence-electron chi connectivity index (χ4n) is 1.97. The van der Waals surface area contributed by atoms with Gasteiger partial charge in [-0.3, -0.25) is 0 Å². The molecule has 2 unspecified atom stereocenters. The summed E-state index contributed by atoms with van der Waals surface area (Å²) in [6.07, 6.45) is 2.62. The van der Waals surface area contributed by atoms with E-state index in [-0.39, 0.29) is 12.0 Å². The lowest BCUT2D eigenvalue weighted by atomic mass is 9.95. The smallest absolute Gasteiger partial charge is 0.0851 e. The highest BCUT2D eigenvalue weighted by atomic mass is 32.2. The Labute approximate surface area is 94.6 Å². The van der Waals surface area contributed by atoms with E-state index in [2.05, 4.69) is 6.07 Å². The molecule has 2 atom stereocenters. The van der Waals surface area contributed by atoms with Crippen molar-refractivity contribution in [2.24, 2.45) is 5.92 Å². The van der Waals surface area contributed by atoms with Crippen molar-refractivity contribution in [1.29, 1.82) is 0 Å². The zero-order chi connectivity index (χ0) is 10.7. The molecule has 0 amide bonds. The van der Waals surface area contributed by atoms with Crippen molar-refractivity contribution in [3.63, 3.8) is 0 Å². The van der Waals surface area contributed by atoms with Crippen molar-refractivity contribution < 1.29 is 9.84 Å². The lowest BCUT2D eigenvalue weighted by Gasteiger charge is -2.19. The average Bonchev–Trinajstić information content (AvgIpc) is 2.81. The first-order valence-electron chi connectivity index (χ1n) is 5.21. The minimum atomic E-state index is -0.379. The van der Waals surface area contributed by atoms with E-state index in [9.17, 15) is 5.11 Å². The molecule has 15 heavy (non-hydrogen) atoms. The maximum absolute atomic E-state index is 10.2. The van der Waals surface area contributed by atoms with Crippen LogP contribution in [0.15, 0.2) is 29.2 Å². The van der Waals surface area contributed by atoms with Gasteiger partial charge >= 0.3 is 0 Å². The van der Waals surface area contributed by atoms with Crippen molar-refractivity contribution in [3.8, 4) is 0 Å². The van der Waals surface area contributed by atoms with Gasteiger partial charge in [0.15, 0.2) is 0 Å². The minimum absolute atomic E-state index is 0.262. The summed E-state index contributed by atoms with van der Waals surface area (Å²) in [7, 11) is 0. The maximum atomic E-state index is 10.2. The first-order valence-corrected chi connectivity index (χ1v) is 6.44. The molecule has 1 saturated heterocycles. The summed E-state index contributed by atoms with van der Waals surface area (Å²) in [5, 5.41) is 10.2. The summed E-state index contributed by atoms with van der Waals surface area (Å²) in [6.45, 7) is 1.47. The first-order chi connectivity index (χ1) is 7.33. The lowest BCUT2D eigenvalue weighted by molar-refractivity contribution is 0.0899. The quantitative estimate of drug-likeness (QED) is 0.800. The van der Waals surface area contributed by atoms with Gasteiger partial charge in [0.1, 0.15) is 0 Å². The van der Waals surface area contributed by atoms with Crippen molar-refractivity contribution >= 4 is 11.8 Å². The molecule has 1 aromatic carbocycles. The summed E-state index contributed by atoms with van der Waals surface area (Å²) in [5.41, 5.74) is 1.04. The van der Waals surface area contributed by atoms with Crippen LogP contribution >= 0.6 is 11.8 Å². The average molecular weight is 224 g/mol. The van der Waals surface area contributed by atoms with Gasteiger partial charge in [-0.05, 0) is 24.3 Å². The Morgan fingerprint density at radius 1 is 1.47 bits per heavy atom. The predicted octanol–water partition coefficient (Wildman–Crippen LogP) is 2.48. The molecule has 0 aromatic heterocycles. The highest BCUT2D eigenvalue weighted by molar-refractivity contribution is 7.98. The van der Waals surface area contributed by atoms with Crippen LogP contribution in [0, 0.1) is 5.92 Å². The Kier molecular flexibility index (Phi) is 3.67. The van der Waals surface area contributed by atoms with Gasteiger partial charge in [0.25, 0.3) is 0 Å². The number of hydrogen-bond acceptors (Lipinski definition) is 3. The molecule has 0 saturated carbocycles. The van der Waals surface area contributed by atoms with Crippen LogP contribution in [0.25, 0.3) is 0 Å². The second-order valence-corrected chi connectivity index (χ2v) is 4.66. The van der Waals surface area contributed by atoms with Crippen LogP contribution in [0.4, 0.5) is 0 Å². The molecular weight excluding hydrogens is 208 g/mol. The maximum Gasteiger partial charge on any atom is 0.0851 e. The largest absolute Gasteiger partial charge is 0.388 e. The molecule has 2 nitrogen and oxygen atoms in total. The molecule has 0 radical (unpaired) electrons. The summed E-state index contributed by atoms with van der Waals surface area (Å²) in [4.78, 5) is 1.16. The van der Waals surface area contributed by atoms with Crippen LogP contribution < -0.4 is 0 Å². The molecule has 1 aromatic rings. The lowest BCUT2D eigenvalue weighted by Crippen LogP contribution is -2.13. The number of ether oxygens (including phenoxy) is 1. The standard InChI is InChI=1S/C12H16O2S/c1-15-11-5-3-2-4-10(11)12(13)9-6-7-14-8-9/h2-5,9,12-13H,6-8H2,1H3. The molecule has 1 aliphatic heterocycles. The fraction of sp³-hybridized carbons (Fsp3) is 0.500. The van der Waals surface area contributed by atoms with Gasteiger partial charge in [-0.1, -0.05) is 18.2 Å². The third-order valence-electron chi connectivity index (χ3n) is 2.87. The molecule has 1 aliphatic rings. The third kappa shape index (κ3) is 2.36. The molecule has 1 N–H and O–H groups in total. The summed E-state index contributed by atoms with van der Waals surface area (Å²) < 4.78 is 5.31. The van der Waals surface area contributed by atoms with Gasteiger partial charge in [0, 0.05) is 17.4 Å². The van der Waals surface area contributed by atoms with Crippen LogP contribution in [0.2, 0.25) is 0 Å². The van der Waals surface area contributed by atoms with Crippen LogP contribution in [0.3, 0.4) is 0 Å². The number of benzene rings is 1. The molecule has 2 rings (SSSR count). The minimum Gasteiger partial charge on any atom is -0.388 e. The zero-order valence-electron chi connectivity index (χ0n) is 8.85. The van der Waals surface area contributed by atoms with Gasteiger partial charge in [-0.15, -0.1) is 11.8 Å². The van der Waals surface area contributed by atoms with Crippen LogP contribution in [0.1, 0.15) is 18.1 Å². The molecule has 0 bridgehead atoms. The van der Waals surface area contributed by atoms with E-state index in [4.69, 9.17) is 4.74 Å². The van der Waals surface area contributed by atoms with Crippen molar-refractivity contribution in [2.45, 2.75) is 17.4 Å². The Bertz CT molecular complexity index is 321. The molecule has 3 heteroatoms. The zero-order valence-corrected chi connectivity index (χ0v) is 9.67. The van der Waals surface area contributed by atoms with E-state index >= 15 is 0 Å². The molecule has 1 fully saturated rings. The Morgan fingerprint density at radius 3 is 2.93 bits per heavy atom. The number of aliphatic hydroxyl groups is 1. The third-order valence-corrected chi connectivity index (χ3v) is 3.68. The number of thioether (sulfide) groups is 1. The molecule has 0 spiro atoms. The highest BCUT2D eigenvalue weighted by Crippen LogP contribution is 2.33. The van der Waals surface area contributed by atoms with E-state index < -0.39 is 0 Å². The number of hydrogen-bond donors (Lipinski definition) is 1. The first kappa shape index (κ1) is 11.0. The monoisotopic (exact) mass is 224 g/mol. The van der Waals surface area contributed by atoms with Gasteiger partial charge in [0.05, 0.1) is 12.7 Å². The van der Waals surface area contributed by atoms with E-state index in [1.165, 1.54) is 0 Å². The molecule has 0 aliphatic carbocycles. The van der Waals surface area contributed by atoms with Crippen molar-refractivity contribution in [2.75, 3.05) is 19.5 Å². The molecular formula is C12H16O2S. The summed E-state index contributed by atoms with van der Waals surface area (Å²) >= 11 is 1.68. The van der Waals surface area contributed by atoms with E-state index in [1.54, 1.807) is 11.8 Å². The number of aliphatic hydroxyl groups excluding tert-OH is 1. The van der Waals surface area contributed by atoms with E-state index in [0.717, 1.165) is 23.5 Å². The van der Waals surface area contributed by atoms with Gasteiger partial charge < -0.3 is 9.84 Å². The molecule has 1 heterocycles. The normalized spacial score (nSPS) is 22.9. The molecule has 82 valence electrons. The van der Waals surface area contributed by atoms with Crippen LogP contribution in [-0.4, -0.2) is 24.6 Å². The Hall–Kier alpha value is -0.510. The van der Waals surface area contributed by atoms with Gasteiger partial charge in [-0.2, -0.15) is 0 Å². The fourth-order valence-corrected chi connectivity index (χ4v) is 2.61. The van der Waals surface area contributed by atoms with Crippen LogP contribution in [-0.2, 0) is 4.74 Å². The predicted molar refractivity (Wildman–Crippen MR) is 62.1 cm³/mol. The highest BCUT2D eigenvalue weighted by Gasteiger charge is 2.26. The van der Waals surface area contributed by atoms with Gasteiger partial charge in [0.2, 0.25) is 0 Å². The second-order valence-electron chi connectivity index (χ2n) is 3.81. The Morgan fingerprint density at radius 2 is 2.27 bits per heavy atom. The SMILES string of the molecule is CSc1ccccc1C(O)C1CCOC1. The van der Waals surface area contributed by atoms with E-state index in [0.29, 0.717) is 6.61 Å². The second kappa shape index (κ2) is 5.01. The summed E-state index contributed by atoms with van der Waals surface area (Å²) in [6, 6.07) is 8.05. The number of rotatable bonds is 3. The van der Waals surface area contributed by atoms with Gasteiger partial charge in [-0.25, -0.2) is 0 Å². The van der Waals surface area contributed by atoms with E-state index in [1.807, 2.05) is 24.5 Å².